The highest BCUT2D eigenvalue weighted by molar-refractivity contribution is 5.59. The van der Waals surface area contributed by atoms with Gasteiger partial charge in [-0.2, -0.15) is 0 Å². The van der Waals surface area contributed by atoms with E-state index in [0.29, 0.717) is 13.1 Å². The predicted octanol–water partition coefficient (Wildman–Crippen LogP) is 0.0126. The smallest absolute Gasteiger partial charge is 0.137 e. The minimum Gasteiger partial charge on any atom is -0.389 e. The van der Waals surface area contributed by atoms with Gasteiger partial charge in [0.2, 0.25) is 0 Å². The van der Waals surface area contributed by atoms with Gasteiger partial charge in [0.1, 0.15) is 18.0 Å². The molecule has 0 aromatic carbocycles. The molecule has 0 saturated carbocycles. The zero-order valence-electron chi connectivity index (χ0n) is 10.8. The van der Waals surface area contributed by atoms with Crippen LogP contribution in [0.4, 0.5) is 11.6 Å². The molecule has 2 rings (SSSR count). The molecule has 1 fully saturated rings. The van der Waals surface area contributed by atoms with Gasteiger partial charge < -0.3 is 20.4 Å². The fourth-order valence-corrected chi connectivity index (χ4v) is 2.26. The summed E-state index contributed by atoms with van der Waals surface area (Å²) in [4.78, 5) is 10.4. The summed E-state index contributed by atoms with van der Waals surface area (Å²) in [5, 5.41) is 22.4. The van der Waals surface area contributed by atoms with E-state index in [1.165, 1.54) is 6.33 Å². The summed E-state index contributed by atoms with van der Waals surface area (Å²) in [7, 11) is 0. The Morgan fingerprint density at radius 1 is 1.28 bits per heavy atom. The monoisotopic (exact) mass is 252 g/mol. The highest BCUT2D eigenvalue weighted by atomic mass is 16.3. The highest BCUT2D eigenvalue weighted by Gasteiger charge is 2.31. The first-order valence-electron chi connectivity index (χ1n) is 6.36. The van der Waals surface area contributed by atoms with E-state index in [4.69, 9.17) is 0 Å². The molecule has 1 aromatic heterocycles. The summed E-state index contributed by atoms with van der Waals surface area (Å²) in [6, 6.07) is 0. The molecule has 2 heterocycles. The van der Waals surface area contributed by atoms with Crippen molar-refractivity contribution in [1.29, 1.82) is 0 Å². The molecule has 100 valence electrons. The van der Waals surface area contributed by atoms with Gasteiger partial charge in [-0.05, 0) is 13.3 Å². The van der Waals surface area contributed by atoms with E-state index in [1.807, 2.05) is 18.7 Å². The lowest BCUT2D eigenvalue weighted by Gasteiger charge is -2.21. The largest absolute Gasteiger partial charge is 0.389 e. The molecule has 2 atom stereocenters. The third-order valence-corrected chi connectivity index (χ3v) is 3.18. The number of aromatic nitrogens is 2. The minimum atomic E-state index is -0.702. The maximum absolute atomic E-state index is 9.61. The van der Waals surface area contributed by atoms with Crippen LogP contribution < -0.4 is 10.2 Å². The topological polar surface area (TPSA) is 81.5 Å². The van der Waals surface area contributed by atoms with E-state index < -0.39 is 12.2 Å². The SMILES string of the molecule is CCNc1ncnc(N2CC(O)C(O)C2)c1CC. The average molecular weight is 252 g/mol. The van der Waals surface area contributed by atoms with Crippen molar-refractivity contribution in [1.82, 2.24) is 9.97 Å². The van der Waals surface area contributed by atoms with Crippen LogP contribution in [0.25, 0.3) is 0 Å². The van der Waals surface area contributed by atoms with Crippen LogP contribution in [0.5, 0.6) is 0 Å². The lowest BCUT2D eigenvalue weighted by molar-refractivity contribution is 0.0572. The molecule has 0 bridgehead atoms. The zero-order valence-corrected chi connectivity index (χ0v) is 10.8. The molecule has 1 saturated heterocycles. The van der Waals surface area contributed by atoms with E-state index in [9.17, 15) is 10.2 Å². The van der Waals surface area contributed by atoms with Gasteiger partial charge in [0, 0.05) is 25.2 Å². The zero-order chi connectivity index (χ0) is 13.1. The van der Waals surface area contributed by atoms with Crippen LogP contribution in [0.2, 0.25) is 0 Å². The molecule has 18 heavy (non-hydrogen) atoms. The predicted molar refractivity (Wildman–Crippen MR) is 69.8 cm³/mol. The van der Waals surface area contributed by atoms with Crippen LogP contribution in [0, 0.1) is 0 Å². The number of nitrogens with zero attached hydrogens (tertiary/aromatic N) is 3. The van der Waals surface area contributed by atoms with Crippen molar-refractivity contribution >= 4 is 11.6 Å². The maximum atomic E-state index is 9.61. The number of hydrogen-bond donors (Lipinski definition) is 3. The Hall–Kier alpha value is -1.40. The molecule has 0 aliphatic carbocycles. The maximum Gasteiger partial charge on any atom is 0.137 e. The minimum absolute atomic E-state index is 0.413. The summed E-state index contributed by atoms with van der Waals surface area (Å²) in [5.41, 5.74) is 1.03. The van der Waals surface area contributed by atoms with Gasteiger partial charge in [-0.15, -0.1) is 0 Å². The van der Waals surface area contributed by atoms with Crippen molar-refractivity contribution in [3.8, 4) is 0 Å². The fraction of sp³-hybridized carbons (Fsp3) is 0.667. The molecule has 3 N–H and O–H groups in total. The van der Waals surface area contributed by atoms with Gasteiger partial charge in [-0.3, -0.25) is 0 Å². The van der Waals surface area contributed by atoms with E-state index in [1.54, 1.807) is 0 Å². The average Bonchev–Trinajstić information content (AvgIpc) is 2.69. The second-order valence-corrected chi connectivity index (χ2v) is 4.45. The molecule has 2 unspecified atom stereocenters. The van der Waals surface area contributed by atoms with Crippen LogP contribution in [-0.4, -0.2) is 52.0 Å². The third-order valence-electron chi connectivity index (χ3n) is 3.18. The van der Waals surface area contributed by atoms with Crippen molar-refractivity contribution < 1.29 is 10.2 Å². The Morgan fingerprint density at radius 2 is 1.94 bits per heavy atom. The first-order valence-corrected chi connectivity index (χ1v) is 6.36. The molecule has 6 heteroatoms. The Balaban J connectivity index is 2.30. The number of β-amino-alcohol motifs (C(OH)–C–C–N with tert-alkyl or cyclic N) is 2. The summed E-state index contributed by atoms with van der Waals surface area (Å²) in [6.45, 7) is 5.69. The fourth-order valence-electron chi connectivity index (χ4n) is 2.26. The number of hydrogen-bond acceptors (Lipinski definition) is 6. The van der Waals surface area contributed by atoms with Crippen molar-refractivity contribution in [2.24, 2.45) is 0 Å². The lowest BCUT2D eigenvalue weighted by atomic mass is 10.2. The van der Waals surface area contributed by atoms with E-state index in [0.717, 1.165) is 30.2 Å². The summed E-state index contributed by atoms with van der Waals surface area (Å²) in [5.74, 6) is 1.64. The molecule has 0 amide bonds. The first-order chi connectivity index (χ1) is 8.67. The Kier molecular flexibility index (Phi) is 3.98. The number of aliphatic hydroxyl groups is 2. The van der Waals surface area contributed by atoms with Gasteiger partial charge in [-0.1, -0.05) is 6.92 Å². The molecular weight excluding hydrogens is 232 g/mol. The van der Waals surface area contributed by atoms with Crippen LogP contribution in [0.3, 0.4) is 0 Å². The number of anilines is 2. The molecule has 6 nitrogen and oxygen atoms in total. The van der Waals surface area contributed by atoms with Crippen LogP contribution >= 0.6 is 0 Å². The molecular formula is C12H20N4O2. The van der Waals surface area contributed by atoms with Crippen LogP contribution in [0.15, 0.2) is 6.33 Å². The van der Waals surface area contributed by atoms with Crippen molar-refractivity contribution in [3.63, 3.8) is 0 Å². The molecule has 0 radical (unpaired) electrons. The second kappa shape index (κ2) is 5.49. The van der Waals surface area contributed by atoms with Crippen LogP contribution in [0.1, 0.15) is 19.4 Å². The van der Waals surface area contributed by atoms with E-state index in [2.05, 4.69) is 15.3 Å². The third kappa shape index (κ3) is 2.39. The Bertz CT molecular complexity index is 403. The first kappa shape index (κ1) is 13.0. The van der Waals surface area contributed by atoms with Crippen LogP contribution in [-0.2, 0) is 6.42 Å². The highest BCUT2D eigenvalue weighted by Crippen LogP contribution is 2.26. The van der Waals surface area contributed by atoms with Gasteiger partial charge in [0.05, 0.1) is 12.2 Å². The Morgan fingerprint density at radius 3 is 2.50 bits per heavy atom. The van der Waals surface area contributed by atoms with Gasteiger partial charge in [-0.25, -0.2) is 9.97 Å². The Labute approximate surface area is 107 Å². The summed E-state index contributed by atoms with van der Waals surface area (Å²) >= 11 is 0. The van der Waals surface area contributed by atoms with Crippen molar-refractivity contribution in [3.05, 3.63) is 11.9 Å². The van der Waals surface area contributed by atoms with Gasteiger partial charge in [0.25, 0.3) is 0 Å². The lowest BCUT2D eigenvalue weighted by Crippen LogP contribution is -2.24. The normalized spacial score (nSPS) is 23.4. The molecule has 1 aromatic rings. The molecule has 1 aliphatic heterocycles. The summed E-state index contributed by atoms with van der Waals surface area (Å²) < 4.78 is 0. The number of aliphatic hydroxyl groups excluding tert-OH is 2. The van der Waals surface area contributed by atoms with E-state index in [-0.39, 0.29) is 0 Å². The van der Waals surface area contributed by atoms with Crippen molar-refractivity contribution in [2.75, 3.05) is 29.9 Å². The number of rotatable bonds is 4. The quantitative estimate of drug-likeness (QED) is 0.700. The summed E-state index contributed by atoms with van der Waals surface area (Å²) in [6.07, 6.45) is 0.921. The molecule has 0 spiro atoms. The standard InChI is InChI=1S/C12H20N4O2/c1-3-8-11(13-4-2)14-7-15-12(8)16-5-9(17)10(18)6-16/h7,9-10,17-18H,3-6H2,1-2H3,(H,13,14,15). The van der Waals surface area contributed by atoms with Gasteiger partial charge >= 0.3 is 0 Å². The van der Waals surface area contributed by atoms with Crippen molar-refractivity contribution in [2.45, 2.75) is 32.5 Å². The molecule has 1 aliphatic rings. The van der Waals surface area contributed by atoms with Gasteiger partial charge in [0.15, 0.2) is 0 Å². The van der Waals surface area contributed by atoms with E-state index >= 15 is 0 Å². The second-order valence-electron chi connectivity index (χ2n) is 4.45. The number of nitrogens with one attached hydrogen (secondary N) is 1.